The van der Waals surface area contributed by atoms with Gasteiger partial charge >= 0.3 is 0 Å². The van der Waals surface area contributed by atoms with Crippen molar-refractivity contribution in [1.82, 2.24) is 4.90 Å². The molecule has 6 heteroatoms. The van der Waals surface area contributed by atoms with Crippen LogP contribution in [-0.2, 0) is 6.54 Å². The highest BCUT2D eigenvalue weighted by molar-refractivity contribution is 6.32. The number of rotatable bonds is 4. The summed E-state index contributed by atoms with van der Waals surface area (Å²) in [7, 11) is 0. The van der Waals surface area contributed by atoms with Gasteiger partial charge in [-0.25, -0.2) is 0 Å². The van der Waals surface area contributed by atoms with Crippen LogP contribution in [0, 0.1) is 16.0 Å². The lowest BCUT2D eigenvalue weighted by molar-refractivity contribution is -0.384. The lowest BCUT2D eigenvalue weighted by Crippen LogP contribution is -2.47. The van der Waals surface area contributed by atoms with Crippen molar-refractivity contribution in [3.63, 3.8) is 0 Å². The lowest BCUT2D eigenvalue weighted by Gasteiger charge is -2.39. The molecule has 2 rings (SSSR count). The zero-order valence-corrected chi connectivity index (χ0v) is 12.3. The smallest absolute Gasteiger partial charge is 0.287 e. The zero-order chi connectivity index (χ0) is 14.7. The molecule has 0 spiro atoms. The second-order valence-corrected chi connectivity index (χ2v) is 5.84. The maximum atomic E-state index is 10.8. The topological polar surface area (TPSA) is 72.4 Å². The summed E-state index contributed by atoms with van der Waals surface area (Å²) in [4.78, 5) is 12.7. The number of likely N-dealkylation sites (tertiary alicyclic amines) is 1. The molecule has 5 nitrogen and oxygen atoms in total. The molecule has 1 aliphatic rings. The molecule has 0 radical (unpaired) electrons. The van der Waals surface area contributed by atoms with Crippen molar-refractivity contribution >= 4 is 17.3 Å². The van der Waals surface area contributed by atoms with Gasteiger partial charge in [-0.3, -0.25) is 15.0 Å². The Morgan fingerprint density at radius 2 is 2.30 bits per heavy atom. The molecular weight excluding hydrogens is 278 g/mol. The number of nitro groups is 1. The molecule has 1 aromatic rings. The van der Waals surface area contributed by atoms with Crippen molar-refractivity contribution in [3.8, 4) is 0 Å². The minimum absolute atomic E-state index is 0.0437. The van der Waals surface area contributed by atoms with Gasteiger partial charge in [-0.2, -0.15) is 0 Å². The zero-order valence-electron chi connectivity index (χ0n) is 11.6. The molecule has 1 saturated heterocycles. The van der Waals surface area contributed by atoms with Gasteiger partial charge in [0.2, 0.25) is 0 Å². The summed E-state index contributed by atoms with van der Waals surface area (Å²) >= 11 is 5.96. The van der Waals surface area contributed by atoms with Crippen molar-refractivity contribution in [2.75, 3.05) is 13.1 Å². The van der Waals surface area contributed by atoms with Gasteiger partial charge in [-0.15, -0.1) is 0 Å². The first kappa shape index (κ1) is 15.2. The summed E-state index contributed by atoms with van der Waals surface area (Å²) in [6, 6.07) is 5.31. The monoisotopic (exact) mass is 297 g/mol. The normalized spacial score (nSPS) is 23.8. The number of nitro benzene ring substituents is 1. The van der Waals surface area contributed by atoms with Gasteiger partial charge in [0, 0.05) is 25.2 Å². The minimum atomic E-state index is -0.461. The molecule has 2 N–H and O–H groups in total. The molecule has 0 aromatic heterocycles. The van der Waals surface area contributed by atoms with E-state index in [0.717, 1.165) is 18.7 Å². The Kier molecular flexibility index (Phi) is 4.96. The summed E-state index contributed by atoms with van der Waals surface area (Å²) in [5, 5.41) is 11.0. The number of halogens is 1. The van der Waals surface area contributed by atoms with Crippen molar-refractivity contribution in [1.29, 1.82) is 0 Å². The van der Waals surface area contributed by atoms with E-state index in [1.54, 1.807) is 12.1 Å². The van der Waals surface area contributed by atoms with Crippen LogP contribution in [0.4, 0.5) is 5.69 Å². The molecule has 1 heterocycles. The molecule has 0 aliphatic carbocycles. The number of nitrogens with two attached hydrogens (primary N) is 1. The molecule has 0 amide bonds. The van der Waals surface area contributed by atoms with Crippen LogP contribution < -0.4 is 5.73 Å². The van der Waals surface area contributed by atoms with Crippen molar-refractivity contribution < 1.29 is 4.92 Å². The largest absolute Gasteiger partial charge is 0.329 e. The highest BCUT2D eigenvalue weighted by Gasteiger charge is 2.27. The Balaban J connectivity index is 2.13. The Bertz CT molecular complexity index is 495. The summed E-state index contributed by atoms with van der Waals surface area (Å²) < 4.78 is 0. The molecule has 2 atom stereocenters. The quantitative estimate of drug-likeness (QED) is 0.685. The first-order valence-electron chi connectivity index (χ1n) is 6.90. The summed E-state index contributed by atoms with van der Waals surface area (Å²) in [6.45, 7) is 4.62. The maximum absolute atomic E-state index is 10.8. The molecule has 1 aromatic carbocycles. The van der Waals surface area contributed by atoms with Crippen molar-refractivity contribution in [2.24, 2.45) is 11.7 Å². The predicted octanol–water partition coefficient (Wildman–Crippen LogP) is 2.81. The Morgan fingerprint density at radius 1 is 1.55 bits per heavy atom. The third-order valence-electron chi connectivity index (χ3n) is 4.07. The van der Waals surface area contributed by atoms with Gasteiger partial charge in [0.1, 0.15) is 5.02 Å². The fourth-order valence-electron chi connectivity index (χ4n) is 2.94. The van der Waals surface area contributed by atoms with E-state index >= 15 is 0 Å². The average molecular weight is 298 g/mol. The predicted molar refractivity (Wildman–Crippen MR) is 79.8 cm³/mol. The number of hydrogen-bond donors (Lipinski definition) is 1. The van der Waals surface area contributed by atoms with Crippen molar-refractivity contribution in [2.45, 2.75) is 32.4 Å². The lowest BCUT2D eigenvalue weighted by atomic mass is 9.90. The van der Waals surface area contributed by atoms with Crippen LogP contribution in [0.1, 0.15) is 25.3 Å². The van der Waals surface area contributed by atoms with Crippen LogP contribution >= 0.6 is 11.6 Å². The molecular formula is C14H20ClN3O2. The van der Waals surface area contributed by atoms with E-state index in [1.807, 2.05) is 0 Å². The number of benzene rings is 1. The first-order valence-corrected chi connectivity index (χ1v) is 7.27. The first-order chi connectivity index (χ1) is 9.52. The minimum Gasteiger partial charge on any atom is -0.329 e. The standard InChI is InChI=1S/C14H20ClN3O2/c1-10-3-2-6-17(14(10)8-16)9-11-4-5-13(18(19)20)12(15)7-11/h4-5,7,10,14H,2-3,6,8-9,16H2,1H3. The summed E-state index contributed by atoms with van der Waals surface area (Å²) in [5.41, 5.74) is 6.82. The van der Waals surface area contributed by atoms with Crippen LogP contribution in [0.15, 0.2) is 18.2 Å². The maximum Gasteiger partial charge on any atom is 0.287 e. The fraction of sp³-hybridized carbons (Fsp3) is 0.571. The van der Waals surface area contributed by atoms with E-state index in [1.165, 1.54) is 18.9 Å². The molecule has 0 saturated carbocycles. The Labute approximate surface area is 123 Å². The van der Waals surface area contributed by atoms with E-state index < -0.39 is 4.92 Å². The van der Waals surface area contributed by atoms with E-state index in [-0.39, 0.29) is 10.7 Å². The van der Waals surface area contributed by atoms with Gasteiger partial charge in [0.25, 0.3) is 5.69 Å². The molecule has 1 fully saturated rings. The Morgan fingerprint density at radius 3 is 2.90 bits per heavy atom. The third kappa shape index (κ3) is 3.29. The van der Waals surface area contributed by atoms with Crippen LogP contribution in [0.2, 0.25) is 5.02 Å². The van der Waals surface area contributed by atoms with Gasteiger partial charge < -0.3 is 5.73 Å². The van der Waals surface area contributed by atoms with Gasteiger partial charge in [-0.05, 0) is 36.9 Å². The Hall–Kier alpha value is -1.17. The third-order valence-corrected chi connectivity index (χ3v) is 4.37. The number of nitrogens with zero attached hydrogens (tertiary/aromatic N) is 2. The highest BCUT2D eigenvalue weighted by atomic mass is 35.5. The number of hydrogen-bond acceptors (Lipinski definition) is 4. The van der Waals surface area contributed by atoms with Crippen molar-refractivity contribution in [3.05, 3.63) is 38.9 Å². The van der Waals surface area contributed by atoms with Crippen LogP contribution in [-0.4, -0.2) is 29.0 Å². The number of piperidine rings is 1. The van der Waals surface area contributed by atoms with Crippen LogP contribution in [0.3, 0.4) is 0 Å². The highest BCUT2D eigenvalue weighted by Crippen LogP contribution is 2.28. The average Bonchev–Trinajstić information content (AvgIpc) is 2.38. The molecule has 0 bridgehead atoms. The summed E-state index contributed by atoms with van der Waals surface area (Å²) in [6.07, 6.45) is 2.37. The summed E-state index contributed by atoms with van der Waals surface area (Å²) in [5.74, 6) is 0.585. The molecule has 110 valence electrons. The van der Waals surface area contributed by atoms with E-state index in [9.17, 15) is 10.1 Å². The van der Waals surface area contributed by atoms with Gasteiger partial charge in [0.15, 0.2) is 0 Å². The van der Waals surface area contributed by atoms with Gasteiger partial charge in [-0.1, -0.05) is 24.6 Å². The van der Waals surface area contributed by atoms with E-state index in [2.05, 4.69) is 11.8 Å². The second-order valence-electron chi connectivity index (χ2n) is 5.44. The van der Waals surface area contributed by atoms with Gasteiger partial charge in [0.05, 0.1) is 4.92 Å². The SMILES string of the molecule is CC1CCCN(Cc2ccc([N+](=O)[O-])c(Cl)c2)C1CN. The van der Waals surface area contributed by atoms with E-state index in [0.29, 0.717) is 18.5 Å². The van der Waals surface area contributed by atoms with Crippen LogP contribution in [0.5, 0.6) is 0 Å². The molecule has 2 unspecified atom stereocenters. The second kappa shape index (κ2) is 6.52. The fourth-order valence-corrected chi connectivity index (χ4v) is 3.22. The van der Waals surface area contributed by atoms with E-state index in [4.69, 9.17) is 17.3 Å². The molecule has 1 aliphatic heterocycles. The molecule has 20 heavy (non-hydrogen) atoms. The van der Waals surface area contributed by atoms with Crippen LogP contribution in [0.25, 0.3) is 0 Å².